The number of rotatable bonds is 6. The lowest BCUT2D eigenvalue weighted by molar-refractivity contribution is 0.199. The van der Waals surface area contributed by atoms with Crippen molar-refractivity contribution in [3.8, 4) is 6.07 Å². The standard InChI is InChI=1S/C14H20N2/c1-3-13(2)16(11-7-10-15)12-14-8-5-4-6-9-14/h4-6,8-9,13H,3,7,11-12H2,1-2H3. The van der Waals surface area contributed by atoms with Gasteiger partial charge in [-0.2, -0.15) is 5.26 Å². The van der Waals surface area contributed by atoms with Crippen LogP contribution in [0.15, 0.2) is 30.3 Å². The van der Waals surface area contributed by atoms with Crippen molar-refractivity contribution in [3.05, 3.63) is 35.9 Å². The molecule has 0 saturated heterocycles. The molecule has 0 aliphatic carbocycles. The van der Waals surface area contributed by atoms with E-state index in [1.165, 1.54) is 5.56 Å². The lowest BCUT2D eigenvalue weighted by atomic mass is 10.1. The van der Waals surface area contributed by atoms with Crippen LogP contribution >= 0.6 is 0 Å². The zero-order valence-electron chi connectivity index (χ0n) is 10.2. The quantitative estimate of drug-likeness (QED) is 0.730. The van der Waals surface area contributed by atoms with E-state index in [1.54, 1.807) is 0 Å². The average Bonchev–Trinajstić information content (AvgIpc) is 2.34. The van der Waals surface area contributed by atoms with E-state index in [9.17, 15) is 0 Å². The maximum atomic E-state index is 8.66. The predicted octanol–water partition coefficient (Wildman–Crippen LogP) is 3.20. The molecule has 86 valence electrons. The molecule has 0 radical (unpaired) electrons. The topological polar surface area (TPSA) is 27.0 Å². The first kappa shape index (κ1) is 12.7. The number of benzene rings is 1. The fourth-order valence-corrected chi connectivity index (χ4v) is 1.73. The molecule has 0 aliphatic rings. The summed E-state index contributed by atoms with van der Waals surface area (Å²) in [7, 11) is 0. The van der Waals surface area contributed by atoms with Gasteiger partial charge in [-0.15, -0.1) is 0 Å². The van der Waals surface area contributed by atoms with Crippen LogP contribution in [0, 0.1) is 11.3 Å². The highest BCUT2D eigenvalue weighted by molar-refractivity contribution is 5.14. The molecule has 1 aromatic carbocycles. The first-order chi connectivity index (χ1) is 7.77. The van der Waals surface area contributed by atoms with E-state index in [1.807, 2.05) is 6.07 Å². The Kier molecular flexibility index (Phi) is 5.60. The molecule has 2 nitrogen and oxygen atoms in total. The second kappa shape index (κ2) is 7.03. The van der Waals surface area contributed by atoms with Gasteiger partial charge in [0.1, 0.15) is 0 Å². The second-order valence-corrected chi connectivity index (χ2v) is 4.12. The van der Waals surface area contributed by atoms with Gasteiger partial charge in [0, 0.05) is 25.6 Å². The van der Waals surface area contributed by atoms with Crippen LogP contribution in [-0.4, -0.2) is 17.5 Å². The highest BCUT2D eigenvalue weighted by atomic mass is 15.1. The lowest BCUT2D eigenvalue weighted by Crippen LogP contribution is -2.32. The fourth-order valence-electron chi connectivity index (χ4n) is 1.73. The Morgan fingerprint density at radius 3 is 2.56 bits per heavy atom. The third-order valence-corrected chi connectivity index (χ3v) is 2.95. The van der Waals surface area contributed by atoms with Crippen LogP contribution in [0.5, 0.6) is 0 Å². The summed E-state index contributed by atoms with van der Waals surface area (Å²) < 4.78 is 0. The Bertz CT molecular complexity index is 326. The van der Waals surface area contributed by atoms with Crippen molar-refractivity contribution in [2.24, 2.45) is 0 Å². The summed E-state index contributed by atoms with van der Waals surface area (Å²) in [6.07, 6.45) is 1.73. The molecule has 2 heteroatoms. The van der Waals surface area contributed by atoms with Gasteiger partial charge in [0.05, 0.1) is 6.07 Å². The first-order valence-corrected chi connectivity index (χ1v) is 5.92. The molecule has 1 unspecified atom stereocenters. The van der Waals surface area contributed by atoms with E-state index < -0.39 is 0 Å². The van der Waals surface area contributed by atoms with Gasteiger partial charge in [0.25, 0.3) is 0 Å². The van der Waals surface area contributed by atoms with Crippen molar-refractivity contribution >= 4 is 0 Å². The van der Waals surface area contributed by atoms with Crippen molar-refractivity contribution in [3.63, 3.8) is 0 Å². The van der Waals surface area contributed by atoms with E-state index >= 15 is 0 Å². The SMILES string of the molecule is CCC(C)N(CCC#N)Cc1ccccc1. The fraction of sp³-hybridized carbons (Fsp3) is 0.500. The van der Waals surface area contributed by atoms with Gasteiger partial charge >= 0.3 is 0 Å². The maximum Gasteiger partial charge on any atom is 0.0635 e. The molecule has 1 rings (SSSR count). The Balaban J connectivity index is 2.60. The number of nitriles is 1. The van der Waals surface area contributed by atoms with Crippen molar-refractivity contribution < 1.29 is 0 Å². The Hall–Kier alpha value is -1.33. The molecular weight excluding hydrogens is 196 g/mol. The van der Waals surface area contributed by atoms with E-state index in [-0.39, 0.29) is 0 Å². The van der Waals surface area contributed by atoms with E-state index in [4.69, 9.17) is 5.26 Å². The van der Waals surface area contributed by atoms with Crippen molar-refractivity contribution in [1.82, 2.24) is 4.90 Å². The van der Waals surface area contributed by atoms with Crippen LogP contribution in [0.3, 0.4) is 0 Å². The zero-order valence-corrected chi connectivity index (χ0v) is 10.2. The summed E-state index contributed by atoms with van der Waals surface area (Å²) in [5.74, 6) is 0. The summed E-state index contributed by atoms with van der Waals surface area (Å²) in [5.41, 5.74) is 1.32. The van der Waals surface area contributed by atoms with Gasteiger partial charge in [-0.25, -0.2) is 0 Å². The van der Waals surface area contributed by atoms with Gasteiger partial charge < -0.3 is 0 Å². The third-order valence-electron chi connectivity index (χ3n) is 2.95. The molecule has 0 fully saturated rings. The van der Waals surface area contributed by atoms with Crippen LogP contribution < -0.4 is 0 Å². The highest BCUT2D eigenvalue weighted by Gasteiger charge is 2.11. The van der Waals surface area contributed by atoms with E-state index in [0.29, 0.717) is 12.5 Å². The molecule has 1 aromatic rings. The number of hydrogen-bond donors (Lipinski definition) is 0. The molecular formula is C14H20N2. The number of hydrogen-bond acceptors (Lipinski definition) is 2. The van der Waals surface area contributed by atoms with E-state index in [0.717, 1.165) is 19.5 Å². The van der Waals surface area contributed by atoms with Crippen molar-refractivity contribution in [1.29, 1.82) is 5.26 Å². The molecule has 16 heavy (non-hydrogen) atoms. The Labute approximate surface area is 98.5 Å². The van der Waals surface area contributed by atoms with Crippen LogP contribution in [-0.2, 0) is 6.54 Å². The largest absolute Gasteiger partial charge is 0.295 e. The molecule has 1 atom stereocenters. The molecule has 0 spiro atoms. The average molecular weight is 216 g/mol. The van der Waals surface area contributed by atoms with Gasteiger partial charge in [-0.3, -0.25) is 4.90 Å². The summed E-state index contributed by atoms with van der Waals surface area (Å²) in [6, 6.07) is 13.2. The maximum absolute atomic E-state index is 8.66. The van der Waals surface area contributed by atoms with Gasteiger partial charge in [0.15, 0.2) is 0 Å². The Morgan fingerprint density at radius 1 is 1.31 bits per heavy atom. The van der Waals surface area contributed by atoms with Crippen LogP contribution in [0.4, 0.5) is 0 Å². The predicted molar refractivity (Wildman–Crippen MR) is 66.8 cm³/mol. The molecule has 0 amide bonds. The minimum atomic E-state index is 0.536. The normalized spacial score (nSPS) is 12.4. The van der Waals surface area contributed by atoms with E-state index in [2.05, 4.69) is 49.1 Å². The van der Waals surface area contributed by atoms with Crippen molar-refractivity contribution in [2.45, 2.75) is 39.3 Å². The molecule has 0 bridgehead atoms. The van der Waals surface area contributed by atoms with Gasteiger partial charge in [-0.05, 0) is 18.9 Å². The van der Waals surface area contributed by atoms with Crippen LogP contribution in [0.25, 0.3) is 0 Å². The summed E-state index contributed by atoms with van der Waals surface area (Å²) in [4.78, 5) is 2.37. The lowest BCUT2D eigenvalue weighted by Gasteiger charge is -2.27. The van der Waals surface area contributed by atoms with Crippen LogP contribution in [0.2, 0.25) is 0 Å². The summed E-state index contributed by atoms with van der Waals surface area (Å²) >= 11 is 0. The minimum Gasteiger partial charge on any atom is -0.295 e. The summed E-state index contributed by atoms with van der Waals surface area (Å²) in [5, 5.41) is 8.66. The molecule has 0 heterocycles. The number of nitrogens with zero attached hydrogens (tertiary/aromatic N) is 2. The molecule has 0 N–H and O–H groups in total. The van der Waals surface area contributed by atoms with Gasteiger partial charge in [-0.1, -0.05) is 37.3 Å². The molecule has 0 aliphatic heterocycles. The minimum absolute atomic E-state index is 0.536. The second-order valence-electron chi connectivity index (χ2n) is 4.12. The van der Waals surface area contributed by atoms with Gasteiger partial charge in [0.2, 0.25) is 0 Å². The molecule has 0 aromatic heterocycles. The molecule has 0 saturated carbocycles. The third kappa shape index (κ3) is 4.04. The first-order valence-electron chi connectivity index (χ1n) is 5.92. The summed E-state index contributed by atoms with van der Waals surface area (Å²) in [6.45, 7) is 6.22. The monoisotopic (exact) mass is 216 g/mol. The Morgan fingerprint density at radius 2 is 2.00 bits per heavy atom. The smallest absolute Gasteiger partial charge is 0.0635 e. The van der Waals surface area contributed by atoms with Crippen molar-refractivity contribution in [2.75, 3.05) is 6.54 Å². The zero-order chi connectivity index (χ0) is 11.8. The highest BCUT2D eigenvalue weighted by Crippen LogP contribution is 2.10. The van der Waals surface area contributed by atoms with Crippen LogP contribution in [0.1, 0.15) is 32.3 Å².